The summed E-state index contributed by atoms with van der Waals surface area (Å²) in [5.41, 5.74) is 3.80. The number of phenols is 2. The number of fused-ring (bicyclic) bond motifs is 1. The zero-order chi connectivity index (χ0) is 24.5. The van der Waals surface area contributed by atoms with E-state index in [9.17, 15) is 10.2 Å². The molecule has 0 spiro atoms. The molecule has 0 radical (unpaired) electrons. The lowest BCUT2D eigenvalue weighted by Crippen LogP contribution is -2.35. The highest BCUT2D eigenvalue weighted by Crippen LogP contribution is 2.47. The van der Waals surface area contributed by atoms with Crippen molar-refractivity contribution >= 4 is 11.3 Å². The van der Waals surface area contributed by atoms with Gasteiger partial charge in [0.2, 0.25) is 0 Å². The van der Waals surface area contributed by atoms with Crippen molar-refractivity contribution in [3.8, 4) is 23.0 Å². The van der Waals surface area contributed by atoms with Gasteiger partial charge in [-0.25, -0.2) is 0 Å². The summed E-state index contributed by atoms with van der Waals surface area (Å²) >= 11 is 0. The van der Waals surface area contributed by atoms with Crippen molar-refractivity contribution in [1.29, 1.82) is 0 Å². The maximum Gasteiger partial charge on any atom is 0.139 e. The van der Waals surface area contributed by atoms with Crippen molar-refractivity contribution in [2.24, 2.45) is 5.92 Å². The van der Waals surface area contributed by atoms with Gasteiger partial charge in [0, 0.05) is 41.3 Å². The van der Waals surface area contributed by atoms with Crippen molar-refractivity contribution in [3.63, 3.8) is 0 Å². The molecule has 5 rings (SSSR count). The second kappa shape index (κ2) is 9.67. The smallest absolute Gasteiger partial charge is 0.139 e. The predicted octanol–water partition coefficient (Wildman–Crippen LogP) is 6.27. The Balaban J connectivity index is 1.43. The number of ether oxygens (including phenoxy) is 2. The van der Waals surface area contributed by atoms with Crippen LogP contribution in [0.5, 0.6) is 23.0 Å². The van der Waals surface area contributed by atoms with E-state index >= 15 is 0 Å². The molecule has 0 amide bonds. The zero-order valence-corrected chi connectivity index (χ0v) is 20.6. The van der Waals surface area contributed by atoms with Crippen LogP contribution in [-0.4, -0.2) is 40.9 Å². The standard InChI is InChI=1S/C30H33NO4/c1-19-13-14-31(17-19)20(2)18-34-26-10-7-22(8-11-26)30-29(23-5-4-6-24(32)15-23)21(3)27-12-9-25(33)16-28(27)35-30/h4-12,15-16,19-21,32-33H,13-14,17-18H2,1-3H3/t19-,20+,21?/m1/s1. The van der Waals surface area contributed by atoms with Crippen LogP contribution >= 0.6 is 0 Å². The van der Waals surface area contributed by atoms with Gasteiger partial charge < -0.3 is 19.7 Å². The summed E-state index contributed by atoms with van der Waals surface area (Å²) in [7, 11) is 0. The summed E-state index contributed by atoms with van der Waals surface area (Å²) in [4.78, 5) is 2.50. The Labute approximate surface area is 207 Å². The minimum absolute atomic E-state index is 0.00998. The van der Waals surface area contributed by atoms with Gasteiger partial charge >= 0.3 is 0 Å². The highest BCUT2D eigenvalue weighted by molar-refractivity contribution is 5.93. The highest BCUT2D eigenvalue weighted by Gasteiger charge is 2.29. The molecule has 1 unspecified atom stereocenters. The number of phenolic OH excluding ortho intramolecular Hbond substituents is 2. The number of hydrogen-bond donors (Lipinski definition) is 2. The lowest BCUT2D eigenvalue weighted by Gasteiger charge is -2.29. The number of likely N-dealkylation sites (tertiary alicyclic amines) is 1. The van der Waals surface area contributed by atoms with Crippen molar-refractivity contribution in [2.75, 3.05) is 19.7 Å². The SMILES string of the molecule is CC1C(c2cccc(O)c2)=C(c2ccc(OC[C@H](C)N3CC[C@@H](C)C3)cc2)Oc2cc(O)ccc21. The highest BCUT2D eigenvalue weighted by atomic mass is 16.5. The molecule has 2 N–H and O–H groups in total. The van der Waals surface area contributed by atoms with E-state index in [0.29, 0.717) is 24.2 Å². The molecular formula is C30H33NO4. The second-order valence-corrected chi connectivity index (χ2v) is 9.91. The quantitative estimate of drug-likeness (QED) is 0.444. The van der Waals surface area contributed by atoms with Crippen LogP contribution in [-0.2, 0) is 0 Å². The molecule has 3 aromatic carbocycles. The fraction of sp³-hybridized carbons (Fsp3) is 0.333. The largest absolute Gasteiger partial charge is 0.508 e. The first-order valence-electron chi connectivity index (χ1n) is 12.4. The molecule has 1 fully saturated rings. The van der Waals surface area contributed by atoms with Gasteiger partial charge in [-0.05, 0) is 73.8 Å². The van der Waals surface area contributed by atoms with E-state index in [1.165, 1.54) is 6.42 Å². The third kappa shape index (κ3) is 4.87. The lowest BCUT2D eigenvalue weighted by atomic mass is 9.83. The first-order valence-corrected chi connectivity index (χ1v) is 12.4. The molecular weight excluding hydrogens is 438 g/mol. The number of benzene rings is 3. The summed E-state index contributed by atoms with van der Waals surface area (Å²) in [6, 6.07) is 20.8. The first kappa shape index (κ1) is 23.3. The molecule has 2 aliphatic heterocycles. The van der Waals surface area contributed by atoms with Crippen molar-refractivity contribution in [1.82, 2.24) is 4.90 Å². The van der Waals surface area contributed by atoms with Gasteiger partial charge in [0.1, 0.15) is 35.4 Å². The van der Waals surface area contributed by atoms with Gasteiger partial charge in [-0.3, -0.25) is 4.90 Å². The number of nitrogens with zero attached hydrogens (tertiary/aromatic N) is 1. The first-order chi connectivity index (χ1) is 16.9. The van der Waals surface area contributed by atoms with Crippen molar-refractivity contribution in [3.05, 3.63) is 83.4 Å². The molecule has 2 heterocycles. The van der Waals surface area contributed by atoms with Crippen LogP contribution < -0.4 is 9.47 Å². The van der Waals surface area contributed by atoms with E-state index in [1.54, 1.807) is 24.3 Å². The summed E-state index contributed by atoms with van der Waals surface area (Å²) in [6.07, 6.45) is 1.26. The summed E-state index contributed by atoms with van der Waals surface area (Å²) in [5, 5.41) is 20.2. The van der Waals surface area contributed by atoms with Gasteiger partial charge in [-0.15, -0.1) is 0 Å². The fourth-order valence-electron chi connectivity index (χ4n) is 5.15. The van der Waals surface area contributed by atoms with E-state index in [0.717, 1.165) is 47.0 Å². The summed E-state index contributed by atoms with van der Waals surface area (Å²) < 4.78 is 12.5. The molecule has 182 valence electrons. The Morgan fingerprint density at radius 3 is 2.46 bits per heavy atom. The Bertz CT molecular complexity index is 1230. The zero-order valence-electron chi connectivity index (χ0n) is 20.6. The molecule has 0 bridgehead atoms. The van der Waals surface area contributed by atoms with E-state index in [1.807, 2.05) is 42.5 Å². The molecule has 3 aromatic rings. The average molecular weight is 472 g/mol. The minimum atomic E-state index is 0.00998. The third-order valence-corrected chi connectivity index (χ3v) is 7.20. The molecule has 5 heteroatoms. The summed E-state index contributed by atoms with van der Waals surface area (Å²) in [6.45, 7) is 9.59. The van der Waals surface area contributed by atoms with Crippen LogP contribution in [0.1, 0.15) is 49.8 Å². The van der Waals surface area contributed by atoms with Crippen molar-refractivity contribution < 1.29 is 19.7 Å². The Morgan fingerprint density at radius 1 is 0.971 bits per heavy atom. The monoisotopic (exact) mass is 471 g/mol. The van der Waals surface area contributed by atoms with Gasteiger partial charge in [-0.1, -0.05) is 32.0 Å². The molecule has 0 saturated carbocycles. The van der Waals surface area contributed by atoms with E-state index in [-0.39, 0.29) is 17.4 Å². The van der Waals surface area contributed by atoms with Crippen LogP contribution in [0.4, 0.5) is 0 Å². The maximum absolute atomic E-state index is 10.1. The second-order valence-electron chi connectivity index (χ2n) is 9.91. The number of aromatic hydroxyl groups is 2. The van der Waals surface area contributed by atoms with Crippen LogP contribution in [0.2, 0.25) is 0 Å². The van der Waals surface area contributed by atoms with E-state index < -0.39 is 0 Å². The molecule has 1 saturated heterocycles. The third-order valence-electron chi connectivity index (χ3n) is 7.20. The number of hydrogen-bond acceptors (Lipinski definition) is 5. The number of rotatable bonds is 6. The molecule has 5 nitrogen and oxygen atoms in total. The minimum Gasteiger partial charge on any atom is -0.508 e. The van der Waals surface area contributed by atoms with Crippen LogP contribution in [0.15, 0.2) is 66.7 Å². The summed E-state index contributed by atoms with van der Waals surface area (Å²) in [5.74, 6) is 3.34. The van der Waals surface area contributed by atoms with Crippen LogP contribution in [0.3, 0.4) is 0 Å². The number of allylic oxidation sites excluding steroid dienone is 1. The fourth-order valence-corrected chi connectivity index (χ4v) is 5.15. The maximum atomic E-state index is 10.1. The van der Waals surface area contributed by atoms with Gasteiger partial charge in [0.25, 0.3) is 0 Å². The normalized spacial score (nSPS) is 20.9. The molecule has 3 atom stereocenters. The topological polar surface area (TPSA) is 62.2 Å². The van der Waals surface area contributed by atoms with E-state index in [4.69, 9.17) is 9.47 Å². The molecule has 2 aliphatic rings. The molecule has 35 heavy (non-hydrogen) atoms. The predicted molar refractivity (Wildman–Crippen MR) is 139 cm³/mol. The Morgan fingerprint density at radius 2 is 1.74 bits per heavy atom. The van der Waals surface area contributed by atoms with Gasteiger partial charge in [0.05, 0.1) is 0 Å². The Hall–Kier alpha value is -3.44. The average Bonchev–Trinajstić information content (AvgIpc) is 3.29. The Kier molecular flexibility index (Phi) is 6.44. The van der Waals surface area contributed by atoms with Crippen LogP contribution in [0, 0.1) is 5.92 Å². The van der Waals surface area contributed by atoms with Gasteiger partial charge in [0.15, 0.2) is 0 Å². The van der Waals surface area contributed by atoms with E-state index in [2.05, 4.69) is 25.7 Å². The van der Waals surface area contributed by atoms with Crippen LogP contribution in [0.25, 0.3) is 11.3 Å². The molecule has 0 aliphatic carbocycles. The molecule has 0 aromatic heterocycles. The lowest BCUT2D eigenvalue weighted by molar-refractivity contribution is 0.169. The van der Waals surface area contributed by atoms with Gasteiger partial charge in [-0.2, -0.15) is 0 Å². The van der Waals surface area contributed by atoms with Crippen molar-refractivity contribution in [2.45, 2.75) is 39.2 Å².